The molecular formula is C80H156O17P2. The highest BCUT2D eigenvalue weighted by atomic mass is 31.2. The number of carbonyl (C=O) groups excluding carboxylic acids is 4. The normalized spacial score (nSPS) is 14.3. The summed E-state index contributed by atoms with van der Waals surface area (Å²) in [4.78, 5) is 72.8. The van der Waals surface area contributed by atoms with Crippen LogP contribution in [-0.4, -0.2) is 96.7 Å². The first-order valence-corrected chi connectivity index (χ1v) is 44.2. The van der Waals surface area contributed by atoms with Gasteiger partial charge in [0.25, 0.3) is 0 Å². The van der Waals surface area contributed by atoms with Crippen molar-refractivity contribution < 1.29 is 80.2 Å². The van der Waals surface area contributed by atoms with Gasteiger partial charge in [0.1, 0.15) is 19.3 Å². The second-order valence-corrected chi connectivity index (χ2v) is 33.4. The van der Waals surface area contributed by atoms with E-state index in [0.717, 1.165) is 114 Å². The molecule has 0 aliphatic carbocycles. The number of phosphoric acid groups is 2. The van der Waals surface area contributed by atoms with Crippen LogP contribution in [0, 0.1) is 23.7 Å². The van der Waals surface area contributed by atoms with Crippen LogP contribution in [0.1, 0.15) is 409 Å². The van der Waals surface area contributed by atoms with Gasteiger partial charge in [0.2, 0.25) is 0 Å². The number of carbonyl (C=O) groups is 4. The fourth-order valence-corrected chi connectivity index (χ4v) is 13.8. The van der Waals surface area contributed by atoms with Crippen molar-refractivity contribution in [3.63, 3.8) is 0 Å². The SMILES string of the molecule is CCC(C)CCCCCCCCC(=O)O[C@H](COC(=O)CCCCCCCCC(C)C)COP(=O)(O)OC[C@H](O)COP(=O)(O)OC[C@@H](COC(=O)CCCCCCCCCCCCCCCCCCC(C)C)OC(=O)CCCCCCCCCCCCCCCCCCCCC(C)C. The number of aliphatic hydroxyl groups excluding tert-OH is 1. The van der Waals surface area contributed by atoms with E-state index in [1.165, 1.54) is 205 Å². The van der Waals surface area contributed by atoms with E-state index in [-0.39, 0.29) is 25.7 Å². The Morgan fingerprint density at radius 3 is 0.717 bits per heavy atom. The van der Waals surface area contributed by atoms with Gasteiger partial charge in [-0.05, 0) is 49.4 Å². The van der Waals surface area contributed by atoms with E-state index in [1.807, 2.05) is 0 Å². The molecule has 99 heavy (non-hydrogen) atoms. The average Bonchev–Trinajstić information content (AvgIpc) is 1.35. The maximum atomic E-state index is 13.1. The molecule has 588 valence electrons. The second-order valence-electron chi connectivity index (χ2n) is 30.5. The molecule has 3 unspecified atom stereocenters. The monoisotopic (exact) mass is 1450 g/mol. The third kappa shape index (κ3) is 72.8. The highest BCUT2D eigenvalue weighted by Crippen LogP contribution is 2.45. The Bertz CT molecular complexity index is 1940. The smallest absolute Gasteiger partial charge is 0.462 e. The van der Waals surface area contributed by atoms with Crippen molar-refractivity contribution in [1.82, 2.24) is 0 Å². The Labute approximate surface area is 607 Å². The molecular weight excluding hydrogens is 1290 g/mol. The fourth-order valence-electron chi connectivity index (χ4n) is 12.2. The number of hydrogen-bond donors (Lipinski definition) is 3. The number of hydrogen-bond acceptors (Lipinski definition) is 15. The van der Waals surface area contributed by atoms with Crippen molar-refractivity contribution in [3.05, 3.63) is 0 Å². The highest BCUT2D eigenvalue weighted by molar-refractivity contribution is 7.47. The van der Waals surface area contributed by atoms with Crippen molar-refractivity contribution in [3.8, 4) is 0 Å². The number of unbranched alkanes of at least 4 members (excludes halogenated alkanes) is 42. The molecule has 0 radical (unpaired) electrons. The van der Waals surface area contributed by atoms with Crippen molar-refractivity contribution in [2.75, 3.05) is 39.6 Å². The van der Waals surface area contributed by atoms with Crippen LogP contribution in [0.3, 0.4) is 0 Å². The molecule has 17 nitrogen and oxygen atoms in total. The Balaban J connectivity index is 5.19. The molecule has 0 aliphatic rings. The lowest BCUT2D eigenvalue weighted by Crippen LogP contribution is -2.30. The maximum absolute atomic E-state index is 13.1. The predicted octanol–water partition coefficient (Wildman–Crippen LogP) is 23.6. The van der Waals surface area contributed by atoms with Gasteiger partial charge in [-0.3, -0.25) is 37.3 Å². The molecule has 0 aliphatic heterocycles. The minimum atomic E-state index is -4.96. The van der Waals surface area contributed by atoms with Crippen LogP contribution in [0.15, 0.2) is 0 Å². The fraction of sp³-hybridized carbons (Fsp3) is 0.950. The minimum absolute atomic E-state index is 0.102. The number of phosphoric ester groups is 2. The van der Waals surface area contributed by atoms with Crippen molar-refractivity contribution in [2.45, 2.75) is 427 Å². The summed E-state index contributed by atoms with van der Waals surface area (Å²) in [5.74, 6) is 0.911. The molecule has 0 saturated carbocycles. The van der Waals surface area contributed by atoms with E-state index in [4.69, 9.17) is 37.0 Å². The Morgan fingerprint density at radius 1 is 0.283 bits per heavy atom. The summed E-state index contributed by atoms with van der Waals surface area (Å²) in [6, 6.07) is 0. The van der Waals surface area contributed by atoms with Gasteiger partial charge in [-0.1, -0.05) is 357 Å². The van der Waals surface area contributed by atoms with Gasteiger partial charge in [0, 0.05) is 25.7 Å². The summed E-state index contributed by atoms with van der Waals surface area (Å²) >= 11 is 0. The molecule has 3 N–H and O–H groups in total. The largest absolute Gasteiger partial charge is 0.472 e. The molecule has 0 spiro atoms. The van der Waals surface area contributed by atoms with Gasteiger partial charge < -0.3 is 33.8 Å². The summed E-state index contributed by atoms with van der Waals surface area (Å²) < 4.78 is 68.6. The molecule has 0 aromatic carbocycles. The maximum Gasteiger partial charge on any atom is 0.472 e. The molecule has 19 heteroatoms. The quantitative estimate of drug-likeness (QED) is 0.0222. The van der Waals surface area contributed by atoms with E-state index < -0.39 is 97.5 Å². The van der Waals surface area contributed by atoms with Crippen LogP contribution < -0.4 is 0 Å². The predicted molar refractivity (Wildman–Crippen MR) is 404 cm³/mol. The van der Waals surface area contributed by atoms with Crippen LogP contribution in [0.5, 0.6) is 0 Å². The first-order chi connectivity index (χ1) is 47.6. The molecule has 0 heterocycles. The van der Waals surface area contributed by atoms with E-state index in [2.05, 4.69) is 55.4 Å². The highest BCUT2D eigenvalue weighted by Gasteiger charge is 2.30. The molecule has 0 fully saturated rings. The van der Waals surface area contributed by atoms with Crippen molar-refractivity contribution in [2.24, 2.45) is 23.7 Å². The third-order valence-electron chi connectivity index (χ3n) is 18.9. The van der Waals surface area contributed by atoms with Gasteiger partial charge in [-0.15, -0.1) is 0 Å². The second kappa shape index (κ2) is 69.1. The number of esters is 4. The zero-order chi connectivity index (χ0) is 73.1. The number of rotatable bonds is 77. The van der Waals surface area contributed by atoms with Crippen LogP contribution in [0.2, 0.25) is 0 Å². The summed E-state index contributed by atoms with van der Waals surface area (Å²) in [5.41, 5.74) is 0. The molecule has 0 aromatic rings. The van der Waals surface area contributed by atoms with Crippen LogP contribution in [-0.2, 0) is 65.4 Å². The van der Waals surface area contributed by atoms with Crippen LogP contribution in [0.25, 0.3) is 0 Å². The summed E-state index contributed by atoms with van der Waals surface area (Å²) in [6.45, 7) is 14.2. The van der Waals surface area contributed by atoms with Crippen LogP contribution >= 0.6 is 15.6 Å². The van der Waals surface area contributed by atoms with Crippen molar-refractivity contribution >= 4 is 39.5 Å². The van der Waals surface area contributed by atoms with Gasteiger partial charge in [-0.25, -0.2) is 9.13 Å². The Kier molecular flexibility index (Phi) is 67.8. The van der Waals surface area contributed by atoms with Crippen LogP contribution in [0.4, 0.5) is 0 Å². The molecule has 0 rings (SSSR count). The van der Waals surface area contributed by atoms with E-state index >= 15 is 0 Å². The summed E-state index contributed by atoms with van der Waals surface area (Å²) in [6.07, 6.45) is 55.9. The van der Waals surface area contributed by atoms with E-state index in [0.29, 0.717) is 31.6 Å². The molecule has 6 atom stereocenters. The lowest BCUT2D eigenvalue weighted by molar-refractivity contribution is -0.161. The standard InChI is InChI=1S/C80H156O17P2/c1-9-73(8)59-51-43-37-39-47-55-63-80(85)97-76(67-91-78(83)61-53-45-38-36-42-50-58-72(6)7)69-95-99(88,89)93-65-74(81)64-92-98(86,87)94-68-75(66-90-77(82)60-52-44-34-30-26-22-18-15-14-17-21-25-29-33-41-49-57-71(4)5)96-79(84)62-54-46-35-31-27-23-19-13-11-10-12-16-20-24-28-32-40-48-56-70(2)3/h70-76,81H,9-69H2,1-8H3,(H,86,87)(H,88,89)/t73?,74-,75-,76-/m1/s1. The van der Waals surface area contributed by atoms with Gasteiger partial charge in [0.05, 0.1) is 26.4 Å². The van der Waals surface area contributed by atoms with Crippen molar-refractivity contribution in [1.29, 1.82) is 0 Å². The Morgan fingerprint density at radius 2 is 0.485 bits per heavy atom. The first kappa shape index (κ1) is 97.1. The van der Waals surface area contributed by atoms with Gasteiger partial charge >= 0.3 is 39.5 Å². The van der Waals surface area contributed by atoms with E-state index in [1.54, 1.807) is 0 Å². The lowest BCUT2D eigenvalue weighted by Gasteiger charge is -2.21. The lowest BCUT2D eigenvalue weighted by atomic mass is 10.00. The van der Waals surface area contributed by atoms with Gasteiger partial charge in [0.15, 0.2) is 12.2 Å². The first-order valence-electron chi connectivity index (χ1n) is 41.2. The third-order valence-corrected chi connectivity index (χ3v) is 20.8. The minimum Gasteiger partial charge on any atom is -0.462 e. The zero-order valence-corrected chi connectivity index (χ0v) is 66.9. The Hall–Kier alpha value is -1.94. The zero-order valence-electron chi connectivity index (χ0n) is 65.1. The van der Waals surface area contributed by atoms with Gasteiger partial charge in [-0.2, -0.15) is 0 Å². The molecule has 0 saturated heterocycles. The summed E-state index contributed by atoms with van der Waals surface area (Å²) in [5, 5.41) is 10.6. The molecule has 0 bridgehead atoms. The molecule has 0 amide bonds. The average molecular weight is 1450 g/mol. The number of ether oxygens (including phenoxy) is 4. The summed E-state index contributed by atoms with van der Waals surface area (Å²) in [7, 11) is -9.92. The van der Waals surface area contributed by atoms with E-state index in [9.17, 15) is 43.2 Å². The number of aliphatic hydroxyl groups is 1. The molecule has 0 aromatic heterocycles. The topological polar surface area (TPSA) is 237 Å².